The summed E-state index contributed by atoms with van der Waals surface area (Å²) < 4.78 is 25.6. The first kappa shape index (κ1) is 23.0. The Labute approximate surface area is 181 Å². The van der Waals surface area contributed by atoms with Crippen LogP contribution in [0.4, 0.5) is 4.79 Å². The molecule has 2 fully saturated rings. The van der Waals surface area contributed by atoms with E-state index in [0.29, 0.717) is 12.5 Å². The number of nitrogens with one attached hydrogen (secondary N) is 2. The molecule has 0 saturated carbocycles. The summed E-state index contributed by atoms with van der Waals surface area (Å²) in [7, 11) is -1.86. The molecule has 2 N–H and O–H groups in total. The van der Waals surface area contributed by atoms with Crippen LogP contribution in [0.15, 0.2) is 24.3 Å². The van der Waals surface area contributed by atoms with Crippen molar-refractivity contribution in [2.45, 2.75) is 50.8 Å². The van der Waals surface area contributed by atoms with E-state index in [1.165, 1.54) is 52.4 Å². The Kier molecular flexibility index (Phi) is 8.53. The number of nitrogens with zero attached hydrogens (tertiary/aromatic N) is 2. The molecule has 3 rings (SSSR count). The molecule has 8 heteroatoms. The Balaban J connectivity index is 1.38. The second-order valence-electron chi connectivity index (χ2n) is 8.58. The summed E-state index contributed by atoms with van der Waals surface area (Å²) >= 11 is 0. The molecule has 2 amide bonds. The van der Waals surface area contributed by atoms with Crippen LogP contribution in [-0.4, -0.2) is 64.0 Å². The maximum atomic E-state index is 12.5. The van der Waals surface area contributed by atoms with Crippen molar-refractivity contribution in [1.82, 2.24) is 19.8 Å². The topological polar surface area (TPSA) is 81.8 Å². The number of hydrogen-bond donors (Lipinski definition) is 2. The van der Waals surface area contributed by atoms with Crippen molar-refractivity contribution in [1.29, 1.82) is 0 Å². The van der Waals surface area contributed by atoms with Gasteiger partial charge in [-0.3, -0.25) is 0 Å². The van der Waals surface area contributed by atoms with Gasteiger partial charge in [0, 0.05) is 26.2 Å². The van der Waals surface area contributed by atoms with Gasteiger partial charge in [-0.05, 0) is 62.9 Å². The highest BCUT2D eigenvalue weighted by Gasteiger charge is 2.24. The normalized spacial score (nSPS) is 19.4. The van der Waals surface area contributed by atoms with Gasteiger partial charge in [-0.2, -0.15) is 0 Å². The van der Waals surface area contributed by atoms with E-state index in [1.54, 1.807) is 12.1 Å². The monoisotopic (exact) mass is 436 g/mol. The zero-order chi connectivity index (χ0) is 21.4. The number of amides is 2. The van der Waals surface area contributed by atoms with Crippen molar-refractivity contribution < 1.29 is 13.2 Å². The van der Waals surface area contributed by atoms with Gasteiger partial charge in [0.15, 0.2) is 0 Å². The molecule has 0 aromatic heterocycles. The highest BCUT2D eigenvalue weighted by atomic mass is 32.2. The third kappa shape index (κ3) is 7.25. The lowest BCUT2D eigenvalue weighted by Gasteiger charge is -2.34. The Morgan fingerprint density at radius 2 is 1.57 bits per heavy atom. The first-order chi connectivity index (χ1) is 14.4. The number of likely N-dealkylation sites (tertiary alicyclic amines) is 2. The lowest BCUT2D eigenvalue weighted by Crippen LogP contribution is -2.45. The van der Waals surface area contributed by atoms with E-state index in [4.69, 9.17) is 0 Å². The first-order valence-corrected chi connectivity index (χ1v) is 12.8. The van der Waals surface area contributed by atoms with Crippen LogP contribution in [0.1, 0.15) is 49.7 Å². The molecule has 1 aromatic rings. The molecule has 7 nitrogen and oxygen atoms in total. The molecule has 168 valence electrons. The Bertz CT molecular complexity index is 766. The molecule has 2 saturated heterocycles. The van der Waals surface area contributed by atoms with Gasteiger partial charge in [-0.1, -0.05) is 37.1 Å². The van der Waals surface area contributed by atoms with Gasteiger partial charge in [0.2, 0.25) is 10.0 Å². The average molecular weight is 437 g/mol. The molecule has 2 aliphatic rings. The van der Waals surface area contributed by atoms with E-state index in [2.05, 4.69) is 14.9 Å². The molecular formula is C22H36N4O3S. The lowest BCUT2D eigenvalue weighted by atomic mass is 9.96. The number of carbonyl (C=O) groups excluding carboxylic acids is 1. The van der Waals surface area contributed by atoms with Crippen molar-refractivity contribution in [3.8, 4) is 0 Å². The molecule has 0 atom stereocenters. The van der Waals surface area contributed by atoms with E-state index < -0.39 is 10.0 Å². The van der Waals surface area contributed by atoms with Crippen molar-refractivity contribution in [2.75, 3.05) is 39.8 Å². The van der Waals surface area contributed by atoms with Crippen molar-refractivity contribution in [2.24, 2.45) is 5.92 Å². The lowest BCUT2D eigenvalue weighted by molar-refractivity contribution is 0.147. The predicted molar refractivity (Wildman–Crippen MR) is 120 cm³/mol. The quantitative estimate of drug-likeness (QED) is 0.688. The molecule has 0 aliphatic carbocycles. The van der Waals surface area contributed by atoms with Gasteiger partial charge in [0.1, 0.15) is 0 Å². The Morgan fingerprint density at radius 1 is 0.967 bits per heavy atom. The van der Waals surface area contributed by atoms with E-state index >= 15 is 0 Å². The van der Waals surface area contributed by atoms with Crippen LogP contribution in [-0.2, 0) is 22.3 Å². The van der Waals surface area contributed by atoms with Crippen LogP contribution in [0, 0.1) is 5.92 Å². The number of hydrogen-bond acceptors (Lipinski definition) is 4. The fourth-order valence-corrected chi connectivity index (χ4v) is 5.11. The molecular weight excluding hydrogens is 400 g/mol. The summed E-state index contributed by atoms with van der Waals surface area (Å²) in [5.74, 6) is 0.663. The summed E-state index contributed by atoms with van der Waals surface area (Å²) in [5, 5.41) is 3.00. The number of urea groups is 1. The summed E-state index contributed by atoms with van der Waals surface area (Å²) in [6.07, 6.45) is 7.55. The third-order valence-electron chi connectivity index (χ3n) is 6.25. The van der Waals surface area contributed by atoms with E-state index in [0.717, 1.165) is 37.1 Å². The van der Waals surface area contributed by atoms with Gasteiger partial charge in [-0.15, -0.1) is 0 Å². The van der Waals surface area contributed by atoms with Crippen LogP contribution < -0.4 is 10.0 Å². The van der Waals surface area contributed by atoms with Crippen molar-refractivity contribution in [3.05, 3.63) is 35.4 Å². The van der Waals surface area contributed by atoms with Gasteiger partial charge < -0.3 is 15.1 Å². The third-order valence-corrected chi connectivity index (χ3v) is 7.59. The van der Waals surface area contributed by atoms with Crippen molar-refractivity contribution in [3.63, 3.8) is 0 Å². The molecule has 1 aromatic carbocycles. The van der Waals surface area contributed by atoms with Gasteiger partial charge >= 0.3 is 6.03 Å². The number of benzene rings is 1. The van der Waals surface area contributed by atoms with Gasteiger partial charge in [-0.25, -0.2) is 17.9 Å². The highest BCUT2D eigenvalue weighted by molar-refractivity contribution is 7.88. The smallest absolute Gasteiger partial charge is 0.317 e. The SMILES string of the molecule is CNS(=O)(=O)Cc1ccc(CNC(=O)N2CCC(CN3CCCCCC3)CC2)cc1. The zero-order valence-electron chi connectivity index (χ0n) is 18.1. The highest BCUT2D eigenvalue weighted by Crippen LogP contribution is 2.20. The minimum Gasteiger partial charge on any atom is -0.334 e. The fourth-order valence-electron chi connectivity index (χ4n) is 4.34. The number of rotatable bonds is 7. The number of piperidine rings is 1. The van der Waals surface area contributed by atoms with Gasteiger partial charge in [0.25, 0.3) is 0 Å². The Morgan fingerprint density at radius 3 is 2.17 bits per heavy atom. The second-order valence-corrected chi connectivity index (χ2v) is 10.5. The maximum Gasteiger partial charge on any atom is 0.317 e. The number of carbonyl (C=O) groups is 1. The van der Waals surface area contributed by atoms with Crippen LogP contribution in [0.3, 0.4) is 0 Å². The van der Waals surface area contributed by atoms with E-state index in [9.17, 15) is 13.2 Å². The van der Waals surface area contributed by atoms with Crippen LogP contribution in [0.25, 0.3) is 0 Å². The first-order valence-electron chi connectivity index (χ1n) is 11.2. The number of sulfonamides is 1. The summed E-state index contributed by atoms with van der Waals surface area (Å²) in [5.41, 5.74) is 1.69. The molecule has 0 spiro atoms. The van der Waals surface area contributed by atoms with Crippen LogP contribution >= 0.6 is 0 Å². The maximum absolute atomic E-state index is 12.5. The molecule has 0 unspecified atom stereocenters. The zero-order valence-corrected chi connectivity index (χ0v) is 18.9. The Hall–Kier alpha value is -1.64. The molecule has 30 heavy (non-hydrogen) atoms. The average Bonchev–Trinajstić information content (AvgIpc) is 3.02. The molecule has 2 heterocycles. The van der Waals surface area contributed by atoms with Crippen LogP contribution in [0.2, 0.25) is 0 Å². The molecule has 0 bridgehead atoms. The summed E-state index contributed by atoms with van der Waals surface area (Å²) in [6.45, 7) is 5.76. The van der Waals surface area contributed by atoms with Crippen LogP contribution in [0.5, 0.6) is 0 Å². The largest absolute Gasteiger partial charge is 0.334 e. The predicted octanol–water partition coefficient (Wildman–Crippen LogP) is 2.53. The summed E-state index contributed by atoms with van der Waals surface area (Å²) in [6, 6.07) is 7.32. The second kappa shape index (κ2) is 11.1. The minimum absolute atomic E-state index is 0.00920. The molecule has 2 aliphatic heterocycles. The molecule has 0 radical (unpaired) electrons. The minimum atomic E-state index is -3.27. The van der Waals surface area contributed by atoms with Gasteiger partial charge in [0.05, 0.1) is 5.75 Å². The van der Waals surface area contributed by atoms with E-state index in [-0.39, 0.29) is 11.8 Å². The summed E-state index contributed by atoms with van der Waals surface area (Å²) in [4.78, 5) is 17.1. The standard InChI is InChI=1S/C22H36N4O3S/c1-23-30(28,29)18-21-8-6-19(7-9-21)16-24-22(27)26-14-10-20(11-15-26)17-25-12-4-2-3-5-13-25/h6-9,20,23H,2-5,10-18H2,1H3,(H,24,27). The van der Waals surface area contributed by atoms with E-state index in [1.807, 2.05) is 17.0 Å². The fraction of sp³-hybridized carbons (Fsp3) is 0.682. The van der Waals surface area contributed by atoms with Crippen molar-refractivity contribution >= 4 is 16.1 Å².